The summed E-state index contributed by atoms with van der Waals surface area (Å²) >= 11 is 0. The molecule has 0 aliphatic heterocycles. The number of benzene rings is 2. The molecule has 2 aromatic carbocycles. The smallest absolute Gasteiger partial charge is 0.312 e. The van der Waals surface area contributed by atoms with Gasteiger partial charge in [0.05, 0.1) is 5.41 Å². The van der Waals surface area contributed by atoms with Crippen molar-refractivity contribution in [2.24, 2.45) is 5.41 Å². The Bertz CT molecular complexity index is 772. The number of ether oxygens (including phenoxy) is 1. The van der Waals surface area contributed by atoms with Gasteiger partial charge in [-0.15, -0.1) is 0 Å². The zero-order valence-corrected chi connectivity index (χ0v) is 19.3. The SMILES string of the molecule is CCC(C)(C)C(=O)OC1(c2ccccc2)CCCC1.CCC(C)c1ccc(O)cc1. The van der Waals surface area contributed by atoms with Crippen molar-refractivity contribution in [2.45, 2.75) is 84.7 Å². The number of carbonyl (C=O) groups excluding carboxylic acids is 1. The predicted octanol–water partition coefficient (Wildman–Crippen LogP) is 7.34. The summed E-state index contributed by atoms with van der Waals surface area (Å²) in [4.78, 5) is 12.4. The average molecular weight is 411 g/mol. The lowest BCUT2D eigenvalue weighted by Crippen LogP contribution is -2.36. The molecule has 1 fully saturated rings. The molecule has 1 unspecified atom stereocenters. The summed E-state index contributed by atoms with van der Waals surface area (Å²) in [7, 11) is 0. The minimum absolute atomic E-state index is 0.0687. The Balaban J connectivity index is 0.000000248. The summed E-state index contributed by atoms with van der Waals surface area (Å²) in [5.74, 6) is 0.869. The fourth-order valence-corrected chi connectivity index (χ4v) is 3.64. The lowest BCUT2D eigenvalue weighted by atomic mass is 9.88. The second-order valence-corrected chi connectivity index (χ2v) is 9.10. The van der Waals surface area contributed by atoms with Crippen LogP contribution in [0.4, 0.5) is 0 Å². The van der Waals surface area contributed by atoms with Crippen molar-refractivity contribution in [3.8, 4) is 5.75 Å². The van der Waals surface area contributed by atoms with Crippen LogP contribution in [-0.4, -0.2) is 11.1 Å². The summed E-state index contributed by atoms with van der Waals surface area (Å²) in [6, 6.07) is 17.6. The standard InChI is InChI=1S/C17H24O2.C10H14O/c1-4-16(2,3)15(18)19-17(12-8-9-13-17)14-10-6-5-7-11-14;1-3-8(2)9-4-6-10(11)7-5-9/h5-7,10-11H,4,8-9,12-13H2,1-3H3;4-8,11H,3H2,1-2H3. The normalized spacial score (nSPS) is 16.3. The largest absolute Gasteiger partial charge is 0.508 e. The van der Waals surface area contributed by atoms with Gasteiger partial charge < -0.3 is 9.84 Å². The molecule has 0 radical (unpaired) electrons. The molecule has 1 aliphatic carbocycles. The van der Waals surface area contributed by atoms with Crippen molar-refractivity contribution in [1.82, 2.24) is 0 Å². The Morgan fingerprint density at radius 2 is 1.60 bits per heavy atom. The van der Waals surface area contributed by atoms with Gasteiger partial charge in [0.15, 0.2) is 0 Å². The van der Waals surface area contributed by atoms with Crippen molar-refractivity contribution in [2.75, 3.05) is 0 Å². The molecule has 1 atom stereocenters. The highest BCUT2D eigenvalue weighted by Crippen LogP contribution is 2.43. The van der Waals surface area contributed by atoms with Crippen LogP contribution in [0, 0.1) is 5.41 Å². The van der Waals surface area contributed by atoms with Crippen molar-refractivity contribution < 1.29 is 14.6 Å². The molecule has 3 heteroatoms. The van der Waals surface area contributed by atoms with E-state index in [9.17, 15) is 4.79 Å². The second-order valence-electron chi connectivity index (χ2n) is 9.10. The van der Waals surface area contributed by atoms with E-state index in [1.807, 2.05) is 51.1 Å². The maximum absolute atomic E-state index is 12.4. The number of phenolic OH excluding ortho intramolecular Hbond substituents is 1. The van der Waals surface area contributed by atoms with E-state index in [1.54, 1.807) is 12.1 Å². The third-order valence-electron chi connectivity index (χ3n) is 6.51. The summed E-state index contributed by atoms with van der Waals surface area (Å²) in [6.45, 7) is 10.3. The van der Waals surface area contributed by atoms with Gasteiger partial charge in [-0.2, -0.15) is 0 Å². The molecule has 164 valence electrons. The first-order valence-electron chi connectivity index (χ1n) is 11.3. The average Bonchev–Trinajstić information content (AvgIpc) is 3.24. The highest BCUT2D eigenvalue weighted by Gasteiger charge is 2.42. The molecule has 0 amide bonds. The fourth-order valence-electron chi connectivity index (χ4n) is 3.64. The van der Waals surface area contributed by atoms with Gasteiger partial charge in [-0.25, -0.2) is 0 Å². The molecule has 0 aromatic heterocycles. The molecule has 1 N–H and O–H groups in total. The summed E-state index contributed by atoms with van der Waals surface area (Å²) < 4.78 is 6.00. The van der Waals surface area contributed by atoms with Gasteiger partial charge >= 0.3 is 5.97 Å². The fraction of sp³-hybridized carbons (Fsp3) is 0.519. The Labute approximate surface area is 182 Å². The topological polar surface area (TPSA) is 46.5 Å². The van der Waals surface area contributed by atoms with Crippen LogP contribution in [0.25, 0.3) is 0 Å². The number of hydrogen-bond acceptors (Lipinski definition) is 3. The number of esters is 1. The molecule has 0 saturated heterocycles. The first-order valence-corrected chi connectivity index (χ1v) is 11.3. The van der Waals surface area contributed by atoms with Crippen molar-refractivity contribution in [1.29, 1.82) is 0 Å². The van der Waals surface area contributed by atoms with Gasteiger partial charge in [-0.05, 0) is 81.5 Å². The predicted molar refractivity (Wildman–Crippen MR) is 124 cm³/mol. The van der Waals surface area contributed by atoms with Crippen LogP contribution < -0.4 is 0 Å². The van der Waals surface area contributed by atoms with Crippen LogP contribution in [0.1, 0.15) is 90.2 Å². The van der Waals surface area contributed by atoms with Crippen molar-refractivity contribution in [3.05, 3.63) is 65.7 Å². The zero-order valence-electron chi connectivity index (χ0n) is 19.3. The quantitative estimate of drug-likeness (QED) is 0.507. The molecule has 0 heterocycles. The van der Waals surface area contributed by atoms with E-state index in [0.717, 1.165) is 44.1 Å². The number of hydrogen-bond donors (Lipinski definition) is 1. The third-order valence-corrected chi connectivity index (χ3v) is 6.51. The number of carbonyl (C=O) groups is 1. The number of phenols is 1. The summed E-state index contributed by atoms with van der Waals surface area (Å²) in [5, 5.41) is 9.01. The Morgan fingerprint density at radius 1 is 1.03 bits per heavy atom. The minimum Gasteiger partial charge on any atom is -0.508 e. The van der Waals surface area contributed by atoms with Crippen LogP contribution in [0.2, 0.25) is 0 Å². The first kappa shape index (κ1) is 24.0. The van der Waals surface area contributed by atoms with E-state index in [-0.39, 0.29) is 11.6 Å². The van der Waals surface area contributed by atoms with Gasteiger partial charge in [0.2, 0.25) is 0 Å². The molecule has 3 rings (SSSR count). The lowest BCUT2D eigenvalue weighted by molar-refractivity contribution is -0.171. The molecular weight excluding hydrogens is 372 g/mol. The van der Waals surface area contributed by atoms with Crippen LogP contribution in [0.5, 0.6) is 5.75 Å². The Morgan fingerprint density at radius 3 is 2.10 bits per heavy atom. The lowest BCUT2D eigenvalue weighted by Gasteiger charge is -2.33. The highest BCUT2D eigenvalue weighted by atomic mass is 16.6. The Hall–Kier alpha value is -2.29. The Kier molecular flexibility index (Phi) is 8.52. The molecule has 3 nitrogen and oxygen atoms in total. The zero-order chi connectivity index (χ0) is 22.2. The van der Waals surface area contributed by atoms with Crippen LogP contribution in [0.15, 0.2) is 54.6 Å². The van der Waals surface area contributed by atoms with E-state index in [1.165, 1.54) is 5.56 Å². The van der Waals surface area contributed by atoms with Gasteiger partial charge in [-0.3, -0.25) is 4.79 Å². The molecule has 0 bridgehead atoms. The molecule has 30 heavy (non-hydrogen) atoms. The molecule has 1 aliphatic rings. The third kappa shape index (κ3) is 6.10. The van der Waals surface area contributed by atoms with Crippen LogP contribution in [0.3, 0.4) is 0 Å². The van der Waals surface area contributed by atoms with Gasteiger partial charge in [0.1, 0.15) is 11.4 Å². The van der Waals surface area contributed by atoms with E-state index < -0.39 is 5.41 Å². The molecule has 2 aromatic rings. The van der Waals surface area contributed by atoms with E-state index in [0.29, 0.717) is 11.7 Å². The first-order chi connectivity index (χ1) is 14.2. The monoisotopic (exact) mass is 410 g/mol. The molecule has 0 spiro atoms. The second kappa shape index (κ2) is 10.7. The van der Waals surface area contributed by atoms with Gasteiger partial charge in [-0.1, -0.05) is 63.2 Å². The number of rotatable bonds is 6. The van der Waals surface area contributed by atoms with E-state index in [4.69, 9.17) is 9.84 Å². The number of aromatic hydroxyl groups is 1. The van der Waals surface area contributed by atoms with E-state index in [2.05, 4.69) is 26.0 Å². The maximum atomic E-state index is 12.4. The van der Waals surface area contributed by atoms with Crippen molar-refractivity contribution in [3.63, 3.8) is 0 Å². The highest BCUT2D eigenvalue weighted by molar-refractivity contribution is 5.76. The molecular formula is C27H38O3. The molecule has 1 saturated carbocycles. The van der Waals surface area contributed by atoms with Gasteiger partial charge in [0.25, 0.3) is 0 Å². The maximum Gasteiger partial charge on any atom is 0.312 e. The van der Waals surface area contributed by atoms with Crippen molar-refractivity contribution >= 4 is 5.97 Å². The minimum atomic E-state index is -0.398. The van der Waals surface area contributed by atoms with Crippen LogP contribution >= 0.6 is 0 Å². The van der Waals surface area contributed by atoms with E-state index >= 15 is 0 Å². The van der Waals surface area contributed by atoms with Crippen LogP contribution in [-0.2, 0) is 15.1 Å². The summed E-state index contributed by atoms with van der Waals surface area (Å²) in [6.07, 6.45) is 6.11. The van der Waals surface area contributed by atoms with Gasteiger partial charge in [0, 0.05) is 0 Å². The summed E-state index contributed by atoms with van der Waals surface area (Å²) in [5.41, 5.74) is 1.66.